The van der Waals surface area contributed by atoms with Gasteiger partial charge >= 0.3 is 0 Å². The molecule has 0 bridgehead atoms. The molecule has 0 aliphatic rings. The van der Waals surface area contributed by atoms with Crippen LogP contribution >= 0.6 is 0 Å². The van der Waals surface area contributed by atoms with Gasteiger partial charge in [-0.1, -0.05) is 48.6 Å². The monoisotopic (exact) mass is 166 g/mol. The Morgan fingerprint density at radius 1 is 1.20 bits per heavy atom. The number of rotatable bonds is 2. The lowest BCUT2D eigenvalue weighted by Crippen LogP contribution is -2.31. The minimum Gasteiger partial charge on any atom is -0.0766 e. The fraction of sp³-hybridized carbons (Fsp3) is 0.250. The molecule has 0 saturated heterocycles. The Hall–Kier alpha value is -0.346. The van der Waals surface area contributed by atoms with Gasteiger partial charge in [0.1, 0.15) is 0 Å². The predicted octanol–water partition coefficient (Wildman–Crippen LogP) is 0.464. The second-order valence-corrected chi connectivity index (χ2v) is 12.1. The lowest BCUT2D eigenvalue weighted by atomic mass is 10.4. The van der Waals surface area contributed by atoms with E-state index < -0.39 is 8.31 Å². The highest BCUT2D eigenvalue weighted by molar-refractivity contribution is 7.18. The second-order valence-electron chi connectivity index (χ2n) is 2.72. The summed E-state index contributed by atoms with van der Waals surface area (Å²) in [4.78, 5) is 0. The molecule has 0 heterocycles. The molecule has 0 spiro atoms. The van der Waals surface area contributed by atoms with Crippen LogP contribution in [0.2, 0.25) is 13.1 Å². The summed E-state index contributed by atoms with van der Waals surface area (Å²) < 4.78 is 0. The van der Waals surface area contributed by atoms with Crippen molar-refractivity contribution in [2.75, 3.05) is 0 Å². The molecule has 2 heteroatoms. The van der Waals surface area contributed by atoms with E-state index in [2.05, 4.69) is 43.4 Å². The average Bonchev–Trinajstić information content (AvgIpc) is 2.05. The quantitative estimate of drug-likeness (QED) is 0.560. The molecule has 54 valence electrons. The smallest absolute Gasteiger partial charge is 0.0543 e. The Labute approximate surface area is 66.5 Å². The van der Waals surface area contributed by atoms with Crippen molar-refractivity contribution in [2.45, 2.75) is 13.1 Å². The number of hydrogen-bond acceptors (Lipinski definition) is 0. The molecule has 0 saturated carbocycles. The molecule has 1 aromatic carbocycles. The Balaban J connectivity index is 2.75. The van der Waals surface area contributed by atoms with Crippen LogP contribution in [0.4, 0.5) is 0 Å². The van der Waals surface area contributed by atoms with E-state index in [4.69, 9.17) is 0 Å². The number of benzene rings is 1. The molecule has 10 heavy (non-hydrogen) atoms. The van der Waals surface area contributed by atoms with Gasteiger partial charge in [-0.05, 0) is 0 Å². The summed E-state index contributed by atoms with van der Waals surface area (Å²) in [5.41, 5.74) is 0. The molecule has 1 aromatic rings. The summed E-state index contributed by atoms with van der Waals surface area (Å²) >= 11 is 0. The van der Waals surface area contributed by atoms with E-state index in [-0.39, 0.29) is 9.04 Å². The second kappa shape index (κ2) is 3.73. The first-order valence-corrected chi connectivity index (χ1v) is 10.3. The van der Waals surface area contributed by atoms with E-state index in [9.17, 15) is 0 Å². The van der Waals surface area contributed by atoms with Crippen LogP contribution in [0.1, 0.15) is 0 Å². The molecule has 1 unspecified atom stereocenters. The Morgan fingerprint density at radius 2 is 1.80 bits per heavy atom. The van der Waals surface area contributed by atoms with Crippen LogP contribution in [0.5, 0.6) is 0 Å². The van der Waals surface area contributed by atoms with Crippen molar-refractivity contribution >= 4 is 22.5 Å². The van der Waals surface area contributed by atoms with Gasteiger partial charge in [-0.3, -0.25) is 0 Å². The van der Waals surface area contributed by atoms with Gasteiger partial charge in [0, 0.05) is 9.04 Å². The lowest BCUT2D eigenvalue weighted by Gasteiger charge is -2.04. The third kappa shape index (κ3) is 1.82. The van der Waals surface area contributed by atoms with Crippen LogP contribution < -0.4 is 5.19 Å². The fourth-order valence-corrected chi connectivity index (χ4v) is 4.60. The molecule has 0 aromatic heterocycles. The maximum absolute atomic E-state index is 2.46. The summed E-state index contributed by atoms with van der Waals surface area (Å²) in [5, 5.41) is 1.65. The average molecular weight is 166 g/mol. The number of hydrogen-bond donors (Lipinski definition) is 0. The van der Waals surface area contributed by atoms with Crippen LogP contribution in [0.3, 0.4) is 0 Å². The van der Waals surface area contributed by atoms with Gasteiger partial charge in [0.25, 0.3) is 0 Å². The van der Waals surface area contributed by atoms with Crippen LogP contribution in [-0.2, 0) is 0 Å². The highest BCUT2D eigenvalue weighted by atomic mass is 29.2. The predicted molar refractivity (Wildman–Crippen MR) is 53.5 cm³/mol. The van der Waals surface area contributed by atoms with Crippen molar-refractivity contribution < 1.29 is 0 Å². The first-order chi connectivity index (χ1) is 4.84. The summed E-state index contributed by atoms with van der Waals surface area (Å²) in [7, 11) is -0.122. The van der Waals surface area contributed by atoms with Crippen molar-refractivity contribution in [3.05, 3.63) is 30.3 Å². The van der Waals surface area contributed by atoms with Gasteiger partial charge in [0.05, 0.1) is 8.31 Å². The summed E-state index contributed by atoms with van der Waals surface area (Å²) in [6.07, 6.45) is 0. The molecule has 1 atom stereocenters. The molecule has 1 rings (SSSR count). The summed E-state index contributed by atoms with van der Waals surface area (Å²) in [6.45, 7) is 4.88. The van der Waals surface area contributed by atoms with Crippen LogP contribution in [0, 0.1) is 0 Å². The summed E-state index contributed by atoms with van der Waals surface area (Å²) in [5.74, 6) is 0. The summed E-state index contributed by atoms with van der Waals surface area (Å²) in [6, 6.07) is 11.0. The topological polar surface area (TPSA) is 0 Å². The molecule has 0 nitrogen and oxygen atoms in total. The molecule has 0 fully saturated rings. The van der Waals surface area contributed by atoms with Crippen molar-refractivity contribution in [3.63, 3.8) is 0 Å². The van der Waals surface area contributed by atoms with E-state index in [0.29, 0.717) is 0 Å². The van der Waals surface area contributed by atoms with E-state index in [0.717, 1.165) is 0 Å². The Morgan fingerprint density at radius 3 is 2.30 bits per heavy atom. The van der Waals surface area contributed by atoms with Crippen LogP contribution in [0.25, 0.3) is 0 Å². The molecule has 0 amide bonds. The molecule has 0 aliphatic carbocycles. The zero-order valence-electron chi connectivity index (χ0n) is 6.67. The molecule has 0 radical (unpaired) electrons. The third-order valence-corrected chi connectivity index (χ3v) is 9.82. The zero-order chi connectivity index (χ0) is 7.40. The normalized spacial score (nSPS) is 14.2. The van der Waals surface area contributed by atoms with Gasteiger partial charge in [-0.25, -0.2) is 0 Å². The first-order valence-electron chi connectivity index (χ1n) is 3.89. The van der Waals surface area contributed by atoms with Crippen LogP contribution in [-0.4, -0.2) is 17.4 Å². The third-order valence-electron chi connectivity index (χ3n) is 1.98. The molecule has 0 aliphatic heterocycles. The SMILES string of the molecule is C[SiH2][SiH](C)c1ccccc1. The highest BCUT2D eigenvalue weighted by Crippen LogP contribution is 1.86. The van der Waals surface area contributed by atoms with Crippen molar-refractivity contribution in [2.24, 2.45) is 0 Å². The Kier molecular flexibility index (Phi) is 2.90. The van der Waals surface area contributed by atoms with Crippen LogP contribution in [0.15, 0.2) is 30.3 Å². The van der Waals surface area contributed by atoms with Gasteiger partial charge in [0.2, 0.25) is 0 Å². The maximum Gasteiger partial charge on any atom is 0.0543 e. The van der Waals surface area contributed by atoms with Gasteiger partial charge in [-0.2, -0.15) is 0 Å². The first kappa shape index (κ1) is 7.76. The van der Waals surface area contributed by atoms with E-state index in [1.807, 2.05) is 0 Å². The molecular weight excluding hydrogens is 152 g/mol. The van der Waals surface area contributed by atoms with E-state index in [1.165, 1.54) is 0 Å². The van der Waals surface area contributed by atoms with Crippen molar-refractivity contribution in [1.29, 1.82) is 0 Å². The molecule has 0 N–H and O–H groups in total. The minimum absolute atomic E-state index is 0.279. The minimum atomic E-state index is -0.401. The van der Waals surface area contributed by atoms with Gasteiger partial charge < -0.3 is 0 Å². The Bertz CT molecular complexity index is 184. The lowest BCUT2D eigenvalue weighted by molar-refractivity contribution is 1.76. The van der Waals surface area contributed by atoms with E-state index in [1.54, 1.807) is 5.19 Å². The largest absolute Gasteiger partial charge is 0.0766 e. The van der Waals surface area contributed by atoms with Gasteiger partial charge in [-0.15, -0.1) is 0 Å². The fourth-order valence-electron chi connectivity index (χ4n) is 1.02. The molecular formula is C8H14Si2. The van der Waals surface area contributed by atoms with E-state index >= 15 is 0 Å². The zero-order valence-corrected chi connectivity index (χ0v) is 9.24. The van der Waals surface area contributed by atoms with Crippen molar-refractivity contribution in [3.8, 4) is 0 Å². The van der Waals surface area contributed by atoms with Gasteiger partial charge in [0.15, 0.2) is 0 Å². The maximum atomic E-state index is 2.46. The highest BCUT2D eigenvalue weighted by Gasteiger charge is 2.01. The van der Waals surface area contributed by atoms with Crippen molar-refractivity contribution in [1.82, 2.24) is 0 Å². The standard InChI is InChI=1S/C8H14Si2/c1-9-10(2)8-6-4-3-5-7-8/h3-7,10H,9H2,1-2H3.